The highest BCUT2D eigenvalue weighted by Gasteiger charge is 2.32. The molecule has 0 aromatic heterocycles. The molecule has 1 aromatic rings. The van der Waals surface area contributed by atoms with Gasteiger partial charge in [-0.25, -0.2) is 13.1 Å². The van der Waals surface area contributed by atoms with E-state index in [0.29, 0.717) is 11.4 Å². The van der Waals surface area contributed by atoms with Crippen LogP contribution in [-0.2, 0) is 16.6 Å². The summed E-state index contributed by atoms with van der Waals surface area (Å²) in [5.74, 6) is 0. The van der Waals surface area contributed by atoms with Gasteiger partial charge in [-0.1, -0.05) is 31.4 Å². The molecule has 2 N–H and O–H groups in total. The minimum absolute atomic E-state index is 0.303. The topological polar surface area (TPSA) is 58.2 Å². The van der Waals surface area contributed by atoms with Crippen LogP contribution in [0.1, 0.15) is 50.2 Å². The molecule has 0 aliphatic heterocycles. The minimum atomic E-state index is -3.47. The molecular formula is C16H26N2O2S. The van der Waals surface area contributed by atoms with Crippen LogP contribution in [0.5, 0.6) is 0 Å². The lowest BCUT2D eigenvalue weighted by Crippen LogP contribution is -2.47. The summed E-state index contributed by atoms with van der Waals surface area (Å²) >= 11 is 0. The molecule has 1 saturated carbocycles. The highest BCUT2D eigenvalue weighted by molar-refractivity contribution is 7.89. The monoisotopic (exact) mass is 310 g/mol. The molecule has 1 fully saturated rings. The van der Waals surface area contributed by atoms with Crippen LogP contribution in [0.25, 0.3) is 0 Å². The lowest BCUT2D eigenvalue weighted by molar-refractivity contribution is 0.294. The zero-order valence-electron chi connectivity index (χ0n) is 13.2. The first-order chi connectivity index (χ1) is 9.88. The number of rotatable bonds is 5. The van der Waals surface area contributed by atoms with Crippen molar-refractivity contribution in [3.63, 3.8) is 0 Å². The number of benzene rings is 1. The molecule has 4 nitrogen and oxygen atoms in total. The summed E-state index contributed by atoms with van der Waals surface area (Å²) in [5, 5.41) is 3.08. The Hall–Kier alpha value is -0.910. The Morgan fingerprint density at radius 3 is 2.48 bits per heavy atom. The van der Waals surface area contributed by atoms with Gasteiger partial charge >= 0.3 is 0 Å². The van der Waals surface area contributed by atoms with Gasteiger partial charge in [0.1, 0.15) is 0 Å². The number of sulfonamides is 1. The Bertz CT molecular complexity index is 590. The van der Waals surface area contributed by atoms with Gasteiger partial charge in [-0.05, 0) is 50.9 Å². The third-order valence-corrected chi connectivity index (χ3v) is 6.17. The third kappa shape index (κ3) is 3.84. The van der Waals surface area contributed by atoms with E-state index in [1.807, 2.05) is 33.0 Å². The Kier molecular flexibility index (Phi) is 5.07. The Balaban J connectivity index is 2.29. The van der Waals surface area contributed by atoms with Crippen molar-refractivity contribution < 1.29 is 8.42 Å². The second-order valence-corrected chi connectivity index (χ2v) is 7.95. The summed E-state index contributed by atoms with van der Waals surface area (Å²) in [4.78, 5) is 0.405. The largest absolute Gasteiger partial charge is 0.316 e. The summed E-state index contributed by atoms with van der Waals surface area (Å²) in [7, 11) is -1.60. The van der Waals surface area contributed by atoms with Gasteiger partial charge in [-0.2, -0.15) is 0 Å². The quantitative estimate of drug-likeness (QED) is 0.879. The maximum absolute atomic E-state index is 12.8. The first kappa shape index (κ1) is 16.5. The predicted octanol–water partition coefficient (Wildman–Crippen LogP) is 2.72. The average Bonchev–Trinajstić information content (AvgIpc) is 2.40. The molecule has 1 aliphatic carbocycles. The van der Waals surface area contributed by atoms with Crippen LogP contribution < -0.4 is 10.0 Å². The smallest absolute Gasteiger partial charge is 0.241 e. The van der Waals surface area contributed by atoms with Crippen LogP contribution in [0, 0.1) is 6.92 Å². The van der Waals surface area contributed by atoms with E-state index in [-0.39, 0.29) is 5.54 Å². The maximum atomic E-state index is 12.8. The zero-order chi connectivity index (χ0) is 15.5. The van der Waals surface area contributed by atoms with Gasteiger partial charge in [0.05, 0.1) is 4.90 Å². The van der Waals surface area contributed by atoms with Gasteiger partial charge < -0.3 is 5.32 Å². The summed E-state index contributed by atoms with van der Waals surface area (Å²) in [5.41, 5.74) is 1.55. The van der Waals surface area contributed by atoms with Crippen LogP contribution >= 0.6 is 0 Å². The van der Waals surface area contributed by atoms with Crippen molar-refractivity contribution in [1.29, 1.82) is 0 Å². The van der Waals surface area contributed by atoms with Crippen molar-refractivity contribution in [2.45, 2.75) is 62.9 Å². The van der Waals surface area contributed by atoms with E-state index in [2.05, 4.69) is 10.0 Å². The van der Waals surface area contributed by atoms with Crippen molar-refractivity contribution in [1.82, 2.24) is 10.0 Å². The average molecular weight is 310 g/mol. The molecule has 0 bridgehead atoms. The molecule has 0 spiro atoms. The Morgan fingerprint density at radius 1 is 1.19 bits per heavy atom. The Morgan fingerprint density at radius 2 is 1.86 bits per heavy atom. The van der Waals surface area contributed by atoms with Gasteiger partial charge in [0, 0.05) is 12.1 Å². The molecule has 0 radical (unpaired) electrons. The number of hydrogen-bond acceptors (Lipinski definition) is 3. The van der Waals surface area contributed by atoms with Gasteiger partial charge in [0.2, 0.25) is 10.0 Å². The summed E-state index contributed by atoms with van der Waals surface area (Å²) in [6.45, 7) is 4.58. The van der Waals surface area contributed by atoms with Gasteiger partial charge in [-0.3, -0.25) is 0 Å². The van der Waals surface area contributed by atoms with Crippen LogP contribution in [0.2, 0.25) is 0 Å². The van der Waals surface area contributed by atoms with Crippen molar-refractivity contribution in [2.24, 2.45) is 0 Å². The van der Waals surface area contributed by atoms with Crippen molar-refractivity contribution in [3.05, 3.63) is 29.3 Å². The fourth-order valence-electron chi connectivity index (χ4n) is 3.15. The molecule has 118 valence electrons. The molecule has 2 rings (SSSR count). The van der Waals surface area contributed by atoms with E-state index >= 15 is 0 Å². The third-order valence-electron chi connectivity index (χ3n) is 4.39. The Labute approximate surface area is 128 Å². The van der Waals surface area contributed by atoms with Crippen LogP contribution in [0.3, 0.4) is 0 Å². The second kappa shape index (κ2) is 6.46. The molecule has 5 heteroatoms. The first-order valence-corrected chi connectivity index (χ1v) is 9.13. The van der Waals surface area contributed by atoms with E-state index in [1.165, 1.54) is 6.42 Å². The molecule has 0 atom stereocenters. The highest BCUT2D eigenvalue weighted by atomic mass is 32.2. The first-order valence-electron chi connectivity index (χ1n) is 7.65. The van der Waals surface area contributed by atoms with E-state index < -0.39 is 10.0 Å². The molecule has 1 aliphatic rings. The fraction of sp³-hybridized carbons (Fsp3) is 0.625. The van der Waals surface area contributed by atoms with Crippen molar-refractivity contribution in [3.8, 4) is 0 Å². The van der Waals surface area contributed by atoms with Crippen molar-refractivity contribution >= 4 is 10.0 Å². The zero-order valence-corrected chi connectivity index (χ0v) is 14.0. The number of nitrogens with one attached hydrogen (secondary N) is 2. The molecule has 21 heavy (non-hydrogen) atoms. The minimum Gasteiger partial charge on any atom is -0.316 e. The standard InChI is InChI=1S/C16H26N2O2S/c1-13-14(12-17-3)8-7-9-15(13)21(19,20)18-16(2)10-5-4-6-11-16/h7-9,17-18H,4-6,10-12H2,1-3H3. The summed E-state index contributed by atoms with van der Waals surface area (Å²) in [6, 6.07) is 5.48. The van der Waals surface area contributed by atoms with E-state index in [1.54, 1.807) is 6.07 Å². The number of hydrogen-bond donors (Lipinski definition) is 2. The molecule has 0 unspecified atom stereocenters. The molecule has 0 heterocycles. The lowest BCUT2D eigenvalue weighted by atomic mass is 9.84. The SMILES string of the molecule is CNCc1cccc(S(=O)(=O)NC2(C)CCCCC2)c1C. The highest BCUT2D eigenvalue weighted by Crippen LogP contribution is 2.30. The van der Waals surface area contributed by atoms with E-state index in [0.717, 1.165) is 36.8 Å². The van der Waals surface area contributed by atoms with Gasteiger partial charge in [-0.15, -0.1) is 0 Å². The van der Waals surface area contributed by atoms with Gasteiger partial charge in [0.15, 0.2) is 0 Å². The fourth-order valence-corrected chi connectivity index (χ4v) is 4.90. The summed E-state index contributed by atoms with van der Waals surface area (Å²) in [6.07, 6.45) is 5.23. The van der Waals surface area contributed by atoms with Gasteiger partial charge in [0.25, 0.3) is 0 Å². The molecule has 0 amide bonds. The predicted molar refractivity (Wildman–Crippen MR) is 85.8 cm³/mol. The lowest BCUT2D eigenvalue weighted by Gasteiger charge is -2.34. The van der Waals surface area contributed by atoms with Crippen molar-refractivity contribution in [2.75, 3.05) is 7.05 Å². The summed E-state index contributed by atoms with van der Waals surface area (Å²) < 4.78 is 28.5. The van der Waals surface area contributed by atoms with E-state index in [4.69, 9.17) is 0 Å². The van der Waals surface area contributed by atoms with Crippen LogP contribution in [-0.4, -0.2) is 21.0 Å². The molecule has 1 aromatic carbocycles. The van der Waals surface area contributed by atoms with Crippen LogP contribution in [0.4, 0.5) is 0 Å². The second-order valence-electron chi connectivity index (χ2n) is 6.30. The van der Waals surface area contributed by atoms with E-state index in [9.17, 15) is 8.42 Å². The molecular weight excluding hydrogens is 284 g/mol. The normalized spacial score (nSPS) is 18.6. The molecule has 0 saturated heterocycles. The maximum Gasteiger partial charge on any atom is 0.241 e. The van der Waals surface area contributed by atoms with Crippen LogP contribution in [0.15, 0.2) is 23.1 Å².